The van der Waals surface area contributed by atoms with Gasteiger partial charge in [0, 0.05) is 33.5 Å². The summed E-state index contributed by atoms with van der Waals surface area (Å²) in [5.41, 5.74) is 2.17. The summed E-state index contributed by atoms with van der Waals surface area (Å²) in [4.78, 5) is 27.9. The Hall–Kier alpha value is -2.62. The van der Waals surface area contributed by atoms with E-state index in [9.17, 15) is 9.59 Å². The highest BCUT2D eigenvalue weighted by Crippen LogP contribution is 2.20. The van der Waals surface area contributed by atoms with Crippen LogP contribution in [0, 0.1) is 0 Å². The summed E-state index contributed by atoms with van der Waals surface area (Å²) < 4.78 is 0. The van der Waals surface area contributed by atoms with Crippen LogP contribution in [0.5, 0.6) is 0 Å². The molecule has 1 unspecified atom stereocenters. The summed E-state index contributed by atoms with van der Waals surface area (Å²) in [6, 6.07) is 19.7. The molecule has 2 amide bonds. The lowest BCUT2D eigenvalue weighted by Gasteiger charge is -2.29. The third-order valence-electron chi connectivity index (χ3n) is 4.41. The molecule has 2 aromatic rings. The van der Waals surface area contributed by atoms with E-state index in [1.807, 2.05) is 67.6 Å². The number of nitrogens with zero attached hydrogens (tertiary/aromatic N) is 2. The lowest BCUT2D eigenvalue weighted by atomic mass is 10.1. The maximum atomic E-state index is 12.4. The topological polar surface area (TPSA) is 40.6 Å². The number of benzene rings is 2. The second kappa shape index (κ2) is 9.02. The molecule has 2 rings (SSSR count). The molecule has 0 fully saturated rings. The minimum Gasteiger partial charge on any atom is -0.341 e. The van der Waals surface area contributed by atoms with Gasteiger partial charge in [0.25, 0.3) is 0 Å². The van der Waals surface area contributed by atoms with Crippen LogP contribution in [0.25, 0.3) is 0 Å². The molecule has 0 saturated heterocycles. The largest absolute Gasteiger partial charge is 0.341 e. The highest BCUT2D eigenvalue weighted by molar-refractivity contribution is 5.78. The average molecular weight is 338 g/mol. The molecule has 0 aliphatic carbocycles. The third kappa shape index (κ3) is 5.45. The van der Waals surface area contributed by atoms with Crippen LogP contribution in [0.1, 0.15) is 37.4 Å². The van der Waals surface area contributed by atoms with Gasteiger partial charge in [-0.05, 0) is 18.1 Å². The number of amides is 2. The standard InChI is InChI=1S/C21H26N2O2/c1-17(20-12-8-5-9-13-20)23(18(2)24)15-14-21(25)22(3)16-19-10-6-4-7-11-19/h4-13,17H,14-16H2,1-3H3. The first-order valence-electron chi connectivity index (χ1n) is 8.59. The fourth-order valence-corrected chi connectivity index (χ4v) is 2.89. The lowest BCUT2D eigenvalue weighted by Crippen LogP contribution is -2.36. The van der Waals surface area contributed by atoms with E-state index in [1.165, 1.54) is 0 Å². The first-order valence-corrected chi connectivity index (χ1v) is 8.59. The van der Waals surface area contributed by atoms with Gasteiger partial charge in [-0.1, -0.05) is 60.7 Å². The zero-order valence-electron chi connectivity index (χ0n) is 15.2. The monoisotopic (exact) mass is 338 g/mol. The molecular weight excluding hydrogens is 312 g/mol. The van der Waals surface area contributed by atoms with Crippen LogP contribution in [-0.2, 0) is 16.1 Å². The van der Waals surface area contributed by atoms with Gasteiger partial charge in [0.15, 0.2) is 0 Å². The van der Waals surface area contributed by atoms with Crippen LogP contribution in [-0.4, -0.2) is 35.2 Å². The van der Waals surface area contributed by atoms with Crippen molar-refractivity contribution >= 4 is 11.8 Å². The van der Waals surface area contributed by atoms with Crippen molar-refractivity contribution in [1.29, 1.82) is 0 Å². The molecule has 4 heteroatoms. The van der Waals surface area contributed by atoms with Gasteiger partial charge in [-0.3, -0.25) is 9.59 Å². The number of hydrogen-bond acceptors (Lipinski definition) is 2. The van der Waals surface area contributed by atoms with E-state index in [1.54, 1.807) is 23.8 Å². The Morgan fingerprint density at radius 3 is 2.08 bits per heavy atom. The third-order valence-corrected chi connectivity index (χ3v) is 4.41. The van der Waals surface area contributed by atoms with Crippen molar-refractivity contribution in [1.82, 2.24) is 9.80 Å². The number of carbonyl (C=O) groups excluding carboxylic acids is 2. The molecule has 2 aromatic carbocycles. The molecule has 0 heterocycles. The molecule has 132 valence electrons. The van der Waals surface area contributed by atoms with Crippen LogP contribution in [0.2, 0.25) is 0 Å². The Bertz CT molecular complexity index is 686. The maximum absolute atomic E-state index is 12.4. The van der Waals surface area contributed by atoms with Gasteiger partial charge in [-0.15, -0.1) is 0 Å². The maximum Gasteiger partial charge on any atom is 0.224 e. The van der Waals surface area contributed by atoms with Crippen molar-refractivity contribution < 1.29 is 9.59 Å². The zero-order valence-corrected chi connectivity index (χ0v) is 15.2. The average Bonchev–Trinajstić information content (AvgIpc) is 2.62. The molecule has 1 atom stereocenters. The Balaban J connectivity index is 1.94. The smallest absolute Gasteiger partial charge is 0.224 e. The molecular formula is C21H26N2O2. The molecule has 0 radical (unpaired) electrons. The first-order chi connectivity index (χ1) is 12.0. The summed E-state index contributed by atoms with van der Waals surface area (Å²) >= 11 is 0. The van der Waals surface area contributed by atoms with E-state index >= 15 is 0 Å². The molecule has 0 aliphatic rings. The fourth-order valence-electron chi connectivity index (χ4n) is 2.89. The summed E-state index contributed by atoms with van der Waals surface area (Å²) in [5.74, 6) is 0.0187. The van der Waals surface area contributed by atoms with Crippen molar-refractivity contribution in [2.75, 3.05) is 13.6 Å². The van der Waals surface area contributed by atoms with Crippen molar-refractivity contribution in [3.8, 4) is 0 Å². The molecule has 0 spiro atoms. The van der Waals surface area contributed by atoms with Gasteiger partial charge in [-0.25, -0.2) is 0 Å². The van der Waals surface area contributed by atoms with E-state index < -0.39 is 0 Å². The minimum atomic E-state index is -0.0501. The minimum absolute atomic E-state index is 0.0186. The predicted octanol–water partition coefficient (Wildman–Crippen LogP) is 3.64. The SMILES string of the molecule is CC(=O)N(CCC(=O)N(C)Cc1ccccc1)C(C)c1ccccc1. The van der Waals surface area contributed by atoms with Gasteiger partial charge < -0.3 is 9.80 Å². The van der Waals surface area contributed by atoms with E-state index in [2.05, 4.69) is 0 Å². The highest BCUT2D eigenvalue weighted by atomic mass is 16.2. The molecule has 25 heavy (non-hydrogen) atoms. The number of carbonyl (C=O) groups is 2. The number of rotatable bonds is 7. The van der Waals surface area contributed by atoms with Gasteiger partial charge in [0.05, 0.1) is 6.04 Å². The van der Waals surface area contributed by atoms with E-state index in [-0.39, 0.29) is 17.9 Å². The van der Waals surface area contributed by atoms with Crippen molar-refractivity contribution in [3.63, 3.8) is 0 Å². The van der Waals surface area contributed by atoms with Crippen LogP contribution < -0.4 is 0 Å². The fraction of sp³-hybridized carbons (Fsp3) is 0.333. The molecule has 4 nitrogen and oxygen atoms in total. The quantitative estimate of drug-likeness (QED) is 0.773. The summed E-state index contributed by atoms with van der Waals surface area (Å²) in [5, 5.41) is 0. The Labute approximate surface area is 150 Å². The summed E-state index contributed by atoms with van der Waals surface area (Å²) in [6.07, 6.45) is 0.320. The molecule has 0 aliphatic heterocycles. The van der Waals surface area contributed by atoms with Gasteiger partial charge in [-0.2, -0.15) is 0 Å². The van der Waals surface area contributed by atoms with Crippen LogP contribution in [0.3, 0.4) is 0 Å². The predicted molar refractivity (Wildman–Crippen MR) is 99.8 cm³/mol. The number of hydrogen-bond donors (Lipinski definition) is 0. The van der Waals surface area contributed by atoms with E-state index in [4.69, 9.17) is 0 Å². The molecule has 0 N–H and O–H groups in total. The second-order valence-electron chi connectivity index (χ2n) is 6.28. The van der Waals surface area contributed by atoms with Crippen molar-refractivity contribution in [2.24, 2.45) is 0 Å². The Kier molecular flexibility index (Phi) is 6.75. The van der Waals surface area contributed by atoms with Gasteiger partial charge in [0.1, 0.15) is 0 Å². The molecule has 0 saturated carbocycles. The molecule has 0 aromatic heterocycles. The van der Waals surface area contributed by atoms with Crippen LogP contribution in [0.4, 0.5) is 0 Å². The normalized spacial score (nSPS) is 11.6. The Morgan fingerprint density at radius 2 is 1.52 bits per heavy atom. The van der Waals surface area contributed by atoms with E-state index in [0.29, 0.717) is 19.5 Å². The van der Waals surface area contributed by atoms with Crippen molar-refractivity contribution in [3.05, 3.63) is 71.8 Å². The van der Waals surface area contributed by atoms with Crippen LogP contribution in [0.15, 0.2) is 60.7 Å². The zero-order chi connectivity index (χ0) is 18.2. The van der Waals surface area contributed by atoms with Crippen LogP contribution >= 0.6 is 0 Å². The first kappa shape index (κ1) is 18.7. The van der Waals surface area contributed by atoms with Gasteiger partial charge in [0.2, 0.25) is 11.8 Å². The van der Waals surface area contributed by atoms with Gasteiger partial charge >= 0.3 is 0 Å². The molecule has 0 bridgehead atoms. The van der Waals surface area contributed by atoms with E-state index in [0.717, 1.165) is 11.1 Å². The summed E-state index contributed by atoms with van der Waals surface area (Å²) in [7, 11) is 1.80. The highest BCUT2D eigenvalue weighted by Gasteiger charge is 2.20. The lowest BCUT2D eigenvalue weighted by molar-refractivity contribution is -0.134. The second-order valence-corrected chi connectivity index (χ2v) is 6.28. The Morgan fingerprint density at radius 1 is 0.960 bits per heavy atom. The summed E-state index contributed by atoms with van der Waals surface area (Å²) in [6.45, 7) is 4.55. The van der Waals surface area contributed by atoms with Crippen molar-refractivity contribution in [2.45, 2.75) is 32.9 Å².